The molecule has 3 aromatic carbocycles. The zero-order chi connectivity index (χ0) is 24.7. The first kappa shape index (κ1) is 24.1. The number of hydrogen-bond acceptors (Lipinski definition) is 5. The molecule has 1 fully saturated rings. The lowest BCUT2D eigenvalue weighted by Gasteiger charge is -2.22. The van der Waals surface area contributed by atoms with Gasteiger partial charge < -0.3 is 15.0 Å². The summed E-state index contributed by atoms with van der Waals surface area (Å²) >= 11 is 1.64. The Morgan fingerprint density at radius 1 is 1.03 bits per heavy atom. The van der Waals surface area contributed by atoms with Crippen LogP contribution in [-0.2, 0) is 6.54 Å². The first-order valence-corrected chi connectivity index (χ1v) is 13.3. The van der Waals surface area contributed by atoms with Crippen molar-refractivity contribution in [3.05, 3.63) is 101 Å². The Morgan fingerprint density at radius 3 is 2.50 bits per heavy atom. The highest BCUT2D eigenvalue weighted by atomic mass is 32.1. The number of carbonyl (C=O) groups excluding carboxylic acids is 1. The number of hydrogen-bond donors (Lipinski definition) is 1. The van der Waals surface area contributed by atoms with Crippen molar-refractivity contribution >= 4 is 22.4 Å². The van der Waals surface area contributed by atoms with Gasteiger partial charge in [-0.1, -0.05) is 60.2 Å². The molecule has 1 heterocycles. The van der Waals surface area contributed by atoms with E-state index >= 15 is 0 Å². The van der Waals surface area contributed by atoms with Crippen LogP contribution < -0.4 is 15.0 Å². The highest BCUT2D eigenvalue weighted by Gasteiger charge is 2.22. The van der Waals surface area contributed by atoms with Crippen LogP contribution in [-0.4, -0.2) is 30.6 Å². The van der Waals surface area contributed by atoms with Crippen LogP contribution in [0.15, 0.2) is 84.2 Å². The summed E-state index contributed by atoms with van der Waals surface area (Å²) in [6.45, 7) is 4.79. The van der Waals surface area contributed by atoms with Crippen LogP contribution in [0, 0.1) is 12.8 Å². The van der Waals surface area contributed by atoms with E-state index in [9.17, 15) is 4.79 Å². The number of thiazole rings is 1. The molecule has 1 aliphatic rings. The molecule has 4 aromatic rings. The quantitative estimate of drug-likeness (QED) is 0.263. The van der Waals surface area contributed by atoms with Crippen LogP contribution in [0.3, 0.4) is 0 Å². The van der Waals surface area contributed by atoms with Gasteiger partial charge >= 0.3 is 0 Å². The van der Waals surface area contributed by atoms with Crippen LogP contribution in [0.4, 0.5) is 5.13 Å². The Kier molecular flexibility index (Phi) is 7.62. The van der Waals surface area contributed by atoms with Crippen LogP contribution >= 0.6 is 11.3 Å². The second-order valence-corrected chi connectivity index (χ2v) is 10.2. The first-order chi connectivity index (χ1) is 17.6. The van der Waals surface area contributed by atoms with Crippen molar-refractivity contribution in [2.24, 2.45) is 5.92 Å². The van der Waals surface area contributed by atoms with Crippen molar-refractivity contribution in [1.29, 1.82) is 0 Å². The third-order valence-corrected chi connectivity index (χ3v) is 7.22. The average Bonchev–Trinajstić information content (AvgIpc) is 3.62. The summed E-state index contributed by atoms with van der Waals surface area (Å²) in [5, 5.41) is 6.10. The Bertz CT molecular complexity index is 1270. The molecule has 0 aliphatic heterocycles. The molecule has 5 rings (SSSR count). The average molecular weight is 498 g/mol. The largest absolute Gasteiger partial charge is 0.492 e. The van der Waals surface area contributed by atoms with E-state index in [1.807, 2.05) is 54.6 Å². The summed E-state index contributed by atoms with van der Waals surface area (Å²) in [5.74, 6) is 1.53. The molecule has 5 nitrogen and oxygen atoms in total. The number of anilines is 1. The van der Waals surface area contributed by atoms with Gasteiger partial charge in [0.15, 0.2) is 5.13 Å². The molecule has 1 amide bonds. The molecule has 0 unspecified atom stereocenters. The fourth-order valence-electron chi connectivity index (χ4n) is 3.94. The highest BCUT2D eigenvalue weighted by Crippen LogP contribution is 2.29. The third-order valence-electron chi connectivity index (χ3n) is 6.32. The van der Waals surface area contributed by atoms with Gasteiger partial charge in [-0.15, -0.1) is 11.3 Å². The topological polar surface area (TPSA) is 54.5 Å². The molecule has 1 aromatic heterocycles. The van der Waals surface area contributed by atoms with E-state index in [1.165, 1.54) is 18.4 Å². The van der Waals surface area contributed by atoms with Gasteiger partial charge in [-0.2, -0.15) is 0 Å². The van der Waals surface area contributed by atoms with Crippen molar-refractivity contribution in [2.75, 3.05) is 24.6 Å². The van der Waals surface area contributed by atoms with Gasteiger partial charge in [0.2, 0.25) is 0 Å². The number of nitrogens with zero attached hydrogens (tertiary/aromatic N) is 2. The smallest absolute Gasteiger partial charge is 0.251 e. The van der Waals surface area contributed by atoms with Gasteiger partial charge in [-0.25, -0.2) is 4.98 Å². The molecule has 0 spiro atoms. The normalized spacial score (nSPS) is 12.8. The van der Waals surface area contributed by atoms with Crippen LogP contribution in [0.2, 0.25) is 0 Å². The molecule has 1 aliphatic carbocycles. The summed E-state index contributed by atoms with van der Waals surface area (Å²) in [6.07, 6.45) is 2.46. The SMILES string of the molecule is Cc1ccc(-c2csc(N(CCOc3ccccc3)Cc3ccc(C(=O)NCC4CC4)cc3)n2)cc1. The molecule has 184 valence electrons. The van der Waals surface area contributed by atoms with E-state index in [-0.39, 0.29) is 5.91 Å². The first-order valence-electron chi connectivity index (χ1n) is 12.5. The molecule has 6 heteroatoms. The number of rotatable bonds is 11. The van der Waals surface area contributed by atoms with Crippen LogP contribution in [0.1, 0.15) is 34.3 Å². The van der Waals surface area contributed by atoms with Gasteiger partial charge in [-0.3, -0.25) is 4.79 Å². The Balaban J connectivity index is 1.28. The highest BCUT2D eigenvalue weighted by molar-refractivity contribution is 7.14. The van der Waals surface area contributed by atoms with Gasteiger partial charge in [-0.05, 0) is 55.5 Å². The molecule has 0 radical (unpaired) electrons. The van der Waals surface area contributed by atoms with E-state index in [1.54, 1.807) is 11.3 Å². The van der Waals surface area contributed by atoms with Crippen molar-refractivity contribution in [3.63, 3.8) is 0 Å². The van der Waals surface area contributed by atoms with Gasteiger partial charge in [0.05, 0.1) is 12.2 Å². The van der Waals surface area contributed by atoms with E-state index < -0.39 is 0 Å². The molecule has 0 bridgehead atoms. The molecule has 0 saturated heterocycles. The summed E-state index contributed by atoms with van der Waals surface area (Å²) in [5.41, 5.74) is 5.16. The molecular weight excluding hydrogens is 466 g/mol. The number of nitrogens with one attached hydrogen (secondary N) is 1. The molecule has 1 saturated carbocycles. The second-order valence-electron chi connectivity index (χ2n) is 9.31. The van der Waals surface area contributed by atoms with Crippen molar-refractivity contribution < 1.29 is 9.53 Å². The number of carbonyl (C=O) groups is 1. The number of amides is 1. The fourth-order valence-corrected chi connectivity index (χ4v) is 4.80. The number of aromatic nitrogens is 1. The summed E-state index contributed by atoms with van der Waals surface area (Å²) < 4.78 is 5.98. The van der Waals surface area contributed by atoms with Crippen molar-refractivity contribution in [1.82, 2.24) is 10.3 Å². The van der Waals surface area contributed by atoms with E-state index in [0.29, 0.717) is 31.2 Å². The predicted molar refractivity (Wildman–Crippen MR) is 147 cm³/mol. The lowest BCUT2D eigenvalue weighted by atomic mass is 10.1. The Hall–Kier alpha value is -3.64. The van der Waals surface area contributed by atoms with Crippen molar-refractivity contribution in [3.8, 4) is 17.0 Å². The van der Waals surface area contributed by atoms with E-state index in [4.69, 9.17) is 9.72 Å². The van der Waals surface area contributed by atoms with Gasteiger partial charge in [0.1, 0.15) is 12.4 Å². The zero-order valence-corrected chi connectivity index (χ0v) is 21.3. The Labute approximate surface area is 216 Å². The number of ether oxygens (including phenoxy) is 1. The predicted octanol–water partition coefficient (Wildman–Crippen LogP) is 6.34. The molecular formula is C30H31N3O2S. The second kappa shape index (κ2) is 11.4. The minimum Gasteiger partial charge on any atom is -0.492 e. The maximum absolute atomic E-state index is 12.4. The number of aryl methyl sites for hydroxylation is 1. The van der Waals surface area contributed by atoms with Crippen LogP contribution in [0.25, 0.3) is 11.3 Å². The summed E-state index contributed by atoms with van der Waals surface area (Å²) in [6, 6.07) is 26.2. The van der Waals surface area contributed by atoms with Crippen molar-refractivity contribution in [2.45, 2.75) is 26.3 Å². The third kappa shape index (κ3) is 6.52. The minimum absolute atomic E-state index is 0.00392. The molecule has 1 N–H and O–H groups in total. The Morgan fingerprint density at radius 2 is 1.78 bits per heavy atom. The standard InChI is InChI=1S/C30H31N3O2S/c1-22-7-13-25(14-8-22)28-21-36-30(32-28)33(17-18-35-27-5-3-2-4-6-27)20-24-11-15-26(16-12-24)29(34)31-19-23-9-10-23/h2-8,11-16,21,23H,9-10,17-20H2,1H3,(H,31,34). The number of benzene rings is 3. The molecule has 36 heavy (non-hydrogen) atoms. The fraction of sp³-hybridized carbons (Fsp3) is 0.267. The summed E-state index contributed by atoms with van der Waals surface area (Å²) in [4.78, 5) is 19.6. The maximum Gasteiger partial charge on any atom is 0.251 e. The van der Waals surface area contributed by atoms with E-state index in [0.717, 1.165) is 34.2 Å². The lowest BCUT2D eigenvalue weighted by molar-refractivity contribution is 0.0952. The number of para-hydroxylation sites is 1. The zero-order valence-electron chi connectivity index (χ0n) is 20.5. The van der Waals surface area contributed by atoms with E-state index in [2.05, 4.69) is 46.8 Å². The van der Waals surface area contributed by atoms with Crippen LogP contribution in [0.5, 0.6) is 5.75 Å². The van der Waals surface area contributed by atoms with Gasteiger partial charge in [0, 0.05) is 29.6 Å². The maximum atomic E-state index is 12.4. The minimum atomic E-state index is 0.00392. The summed E-state index contributed by atoms with van der Waals surface area (Å²) in [7, 11) is 0. The monoisotopic (exact) mass is 497 g/mol. The lowest BCUT2D eigenvalue weighted by Crippen LogP contribution is -2.28. The molecule has 0 atom stereocenters. The van der Waals surface area contributed by atoms with Gasteiger partial charge in [0.25, 0.3) is 5.91 Å².